The van der Waals surface area contributed by atoms with Crippen molar-refractivity contribution in [2.24, 2.45) is 0 Å². The summed E-state index contributed by atoms with van der Waals surface area (Å²) >= 11 is 6.04. The van der Waals surface area contributed by atoms with Gasteiger partial charge in [-0.2, -0.15) is 0 Å². The summed E-state index contributed by atoms with van der Waals surface area (Å²) in [5.41, 5.74) is 2.94. The van der Waals surface area contributed by atoms with Gasteiger partial charge >= 0.3 is 0 Å². The Morgan fingerprint density at radius 3 is 2.24 bits per heavy atom. The van der Waals surface area contributed by atoms with Crippen molar-refractivity contribution in [2.45, 2.75) is 53.1 Å². The summed E-state index contributed by atoms with van der Waals surface area (Å²) < 4.78 is 26.4. The fourth-order valence-electron chi connectivity index (χ4n) is 3.67. The molecular formula is C25H34ClN3O4S. The van der Waals surface area contributed by atoms with Crippen LogP contribution < -0.4 is 9.62 Å². The van der Waals surface area contributed by atoms with E-state index in [0.717, 1.165) is 28.1 Å². The molecule has 1 unspecified atom stereocenters. The maximum atomic E-state index is 13.6. The molecule has 2 amide bonds. The number of hydrogen-bond acceptors (Lipinski definition) is 4. The van der Waals surface area contributed by atoms with Crippen LogP contribution in [0.1, 0.15) is 43.4 Å². The van der Waals surface area contributed by atoms with E-state index < -0.39 is 28.5 Å². The summed E-state index contributed by atoms with van der Waals surface area (Å²) in [5, 5.41) is 3.34. The third-order valence-corrected chi connectivity index (χ3v) is 6.88. The van der Waals surface area contributed by atoms with Crippen molar-refractivity contribution in [2.75, 3.05) is 23.7 Å². The van der Waals surface area contributed by atoms with Crippen LogP contribution in [0.5, 0.6) is 0 Å². The zero-order chi connectivity index (χ0) is 25.5. The molecular weight excluding hydrogens is 474 g/mol. The molecule has 0 saturated carbocycles. The van der Waals surface area contributed by atoms with Crippen molar-refractivity contribution >= 4 is 39.1 Å². The molecule has 0 fully saturated rings. The van der Waals surface area contributed by atoms with Gasteiger partial charge in [0, 0.05) is 18.1 Å². The molecule has 2 rings (SSSR count). The van der Waals surface area contributed by atoms with Crippen molar-refractivity contribution in [3.05, 3.63) is 64.2 Å². The van der Waals surface area contributed by atoms with Gasteiger partial charge in [-0.15, -0.1) is 0 Å². The molecule has 0 radical (unpaired) electrons. The van der Waals surface area contributed by atoms with Gasteiger partial charge in [-0.1, -0.05) is 55.3 Å². The standard InChI is InChI=1S/C25H34ClN3O4S/c1-6-14-27-25(31)22(7-2)28(16-20-10-8-18(3)9-11-20)24(30)17-29(34(5,32)33)23-13-12-21(26)15-19(23)4/h8-13,15,22H,6-7,14,16-17H2,1-5H3,(H,27,31). The second-order valence-electron chi connectivity index (χ2n) is 8.42. The molecule has 0 aliphatic carbocycles. The molecule has 0 aliphatic rings. The van der Waals surface area contributed by atoms with Crippen LogP contribution >= 0.6 is 11.6 Å². The fraction of sp³-hybridized carbons (Fsp3) is 0.440. The van der Waals surface area contributed by atoms with Gasteiger partial charge in [-0.05, 0) is 56.0 Å². The highest BCUT2D eigenvalue weighted by Gasteiger charge is 2.32. The zero-order valence-corrected chi connectivity index (χ0v) is 22.0. The summed E-state index contributed by atoms with van der Waals surface area (Å²) in [7, 11) is -3.79. The summed E-state index contributed by atoms with van der Waals surface area (Å²) in [6, 6.07) is 11.8. The van der Waals surface area contributed by atoms with Crippen LogP contribution in [0.3, 0.4) is 0 Å². The Morgan fingerprint density at radius 1 is 1.06 bits per heavy atom. The first-order valence-corrected chi connectivity index (χ1v) is 13.6. The molecule has 0 aromatic heterocycles. The minimum atomic E-state index is -3.79. The number of benzene rings is 2. The Balaban J connectivity index is 2.44. The lowest BCUT2D eigenvalue weighted by Gasteiger charge is -2.33. The molecule has 2 aromatic rings. The number of carbonyl (C=O) groups excluding carboxylic acids is 2. The number of sulfonamides is 1. The van der Waals surface area contributed by atoms with E-state index >= 15 is 0 Å². The number of halogens is 1. The third kappa shape index (κ3) is 7.46. The van der Waals surface area contributed by atoms with Crippen molar-refractivity contribution in [3.8, 4) is 0 Å². The number of aryl methyl sites for hydroxylation is 2. The zero-order valence-electron chi connectivity index (χ0n) is 20.5. The highest BCUT2D eigenvalue weighted by Crippen LogP contribution is 2.26. The van der Waals surface area contributed by atoms with E-state index in [9.17, 15) is 18.0 Å². The Hall–Kier alpha value is -2.58. The van der Waals surface area contributed by atoms with Crippen molar-refractivity contribution < 1.29 is 18.0 Å². The van der Waals surface area contributed by atoms with Crippen LogP contribution in [0, 0.1) is 13.8 Å². The first kappa shape index (κ1) is 27.7. The lowest BCUT2D eigenvalue weighted by molar-refractivity contribution is -0.140. The number of rotatable bonds is 11. The van der Waals surface area contributed by atoms with Crippen LogP contribution in [0.15, 0.2) is 42.5 Å². The SMILES string of the molecule is CCCNC(=O)C(CC)N(Cc1ccc(C)cc1)C(=O)CN(c1ccc(Cl)cc1C)S(C)(=O)=O. The Morgan fingerprint density at radius 2 is 1.71 bits per heavy atom. The number of nitrogens with one attached hydrogen (secondary N) is 1. The number of amides is 2. The molecule has 0 heterocycles. The number of hydrogen-bond donors (Lipinski definition) is 1. The molecule has 0 saturated heterocycles. The molecule has 0 spiro atoms. The first-order valence-electron chi connectivity index (χ1n) is 11.3. The quantitative estimate of drug-likeness (QED) is 0.497. The number of carbonyl (C=O) groups is 2. The Kier molecular flexibility index (Phi) is 9.94. The molecule has 7 nitrogen and oxygen atoms in total. The number of anilines is 1. The van der Waals surface area contributed by atoms with Gasteiger partial charge in [-0.3, -0.25) is 13.9 Å². The summed E-state index contributed by atoms with van der Waals surface area (Å²) in [5.74, 6) is -0.711. The van der Waals surface area contributed by atoms with E-state index in [1.807, 2.05) is 45.0 Å². The minimum absolute atomic E-state index is 0.189. The van der Waals surface area contributed by atoms with E-state index in [4.69, 9.17) is 11.6 Å². The lowest BCUT2D eigenvalue weighted by atomic mass is 10.1. The van der Waals surface area contributed by atoms with E-state index in [0.29, 0.717) is 29.2 Å². The molecule has 2 aromatic carbocycles. The summed E-state index contributed by atoms with van der Waals surface area (Å²) in [6.45, 7) is 7.76. The molecule has 9 heteroatoms. The second kappa shape index (κ2) is 12.2. The Labute approximate surface area is 208 Å². The van der Waals surface area contributed by atoms with Crippen LogP contribution in [0.4, 0.5) is 5.69 Å². The van der Waals surface area contributed by atoms with Crippen molar-refractivity contribution in [1.29, 1.82) is 0 Å². The summed E-state index contributed by atoms with van der Waals surface area (Å²) in [6.07, 6.45) is 2.22. The minimum Gasteiger partial charge on any atom is -0.354 e. The van der Waals surface area contributed by atoms with Crippen molar-refractivity contribution in [3.63, 3.8) is 0 Å². The highest BCUT2D eigenvalue weighted by molar-refractivity contribution is 7.92. The largest absolute Gasteiger partial charge is 0.354 e. The average Bonchev–Trinajstić information content (AvgIpc) is 2.76. The molecule has 1 N–H and O–H groups in total. The van der Waals surface area contributed by atoms with Crippen LogP contribution in [0.2, 0.25) is 5.02 Å². The van der Waals surface area contributed by atoms with Gasteiger partial charge in [0.2, 0.25) is 21.8 Å². The van der Waals surface area contributed by atoms with E-state index in [-0.39, 0.29) is 12.5 Å². The lowest BCUT2D eigenvalue weighted by Crippen LogP contribution is -2.52. The van der Waals surface area contributed by atoms with Gasteiger partial charge in [0.05, 0.1) is 11.9 Å². The monoisotopic (exact) mass is 507 g/mol. The smallest absolute Gasteiger partial charge is 0.244 e. The molecule has 0 aliphatic heterocycles. The van der Waals surface area contributed by atoms with Gasteiger partial charge in [-0.25, -0.2) is 8.42 Å². The molecule has 1 atom stereocenters. The van der Waals surface area contributed by atoms with Gasteiger partial charge in [0.25, 0.3) is 0 Å². The maximum Gasteiger partial charge on any atom is 0.244 e. The maximum absolute atomic E-state index is 13.6. The third-order valence-electron chi connectivity index (χ3n) is 5.52. The van der Waals surface area contributed by atoms with Gasteiger partial charge < -0.3 is 10.2 Å². The predicted molar refractivity (Wildman–Crippen MR) is 137 cm³/mol. The molecule has 186 valence electrons. The van der Waals surface area contributed by atoms with Gasteiger partial charge in [0.1, 0.15) is 12.6 Å². The predicted octanol–water partition coefficient (Wildman–Crippen LogP) is 4.06. The van der Waals surface area contributed by atoms with E-state index in [1.54, 1.807) is 25.1 Å². The summed E-state index contributed by atoms with van der Waals surface area (Å²) in [4.78, 5) is 28.0. The van der Waals surface area contributed by atoms with Crippen LogP contribution in [-0.2, 0) is 26.2 Å². The number of nitrogens with zero attached hydrogens (tertiary/aromatic N) is 2. The molecule has 0 bridgehead atoms. The first-order chi connectivity index (χ1) is 16.0. The van der Waals surface area contributed by atoms with E-state index in [2.05, 4.69) is 5.32 Å². The van der Waals surface area contributed by atoms with Crippen LogP contribution in [0.25, 0.3) is 0 Å². The molecule has 34 heavy (non-hydrogen) atoms. The van der Waals surface area contributed by atoms with Gasteiger partial charge in [0.15, 0.2) is 0 Å². The normalized spacial score (nSPS) is 12.2. The highest BCUT2D eigenvalue weighted by atomic mass is 35.5. The van der Waals surface area contributed by atoms with Crippen LogP contribution in [-0.4, -0.2) is 50.5 Å². The Bertz CT molecular complexity index is 1100. The van der Waals surface area contributed by atoms with Crippen molar-refractivity contribution in [1.82, 2.24) is 10.2 Å². The van der Waals surface area contributed by atoms with E-state index in [1.165, 1.54) is 4.90 Å². The fourth-order valence-corrected chi connectivity index (χ4v) is 4.80. The average molecular weight is 508 g/mol. The second-order valence-corrected chi connectivity index (χ2v) is 10.8. The topological polar surface area (TPSA) is 86.8 Å².